The van der Waals surface area contributed by atoms with Crippen LogP contribution >= 0.6 is 11.6 Å². The normalized spacial score (nSPS) is 18.8. The minimum absolute atomic E-state index is 0.0805. The van der Waals surface area contributed by atoms with Crippen molar-refractivity contribution in [2.45, 2.75) is 32.1 Å². The number of hydrogen-bond acceptors (Lipinski definition) is 3. The molecule has 6 heteroatoms. The van der Waals surface area contributed by atoms with Gasteiger partial charge in [-0.3, -0.25) is 9.59 Å². The average Bonchev–Trinajstić information content (AvgIpc) is 3.34. The van der Waals surface area contributed by atoms with Crippen LogP contribution in [0.5, 0.6) is 5.75 Å². The maximum Gasteiger partial charge on any atom is 0.253 e. The summed E-state index contributed by atoms with van der Waals surface area (Å²) in [6.45, 7) is 3.68. The van der Waals surface area contributed by atoms with E-state index >= 15 is 0 Å². The summed E-state index contributed by atoms with van der Waals surface area (Å²) in [5.74, 6) is 1.18. The Labute approximate surface area is 188 Å². The third-order valence-corrected chi connectivity index (χ3v) is 6.50. The van der Waals surface area contributed by atoms with Crippen molar-refractivity contribution in [1.82, 2.24) is 9.80 Å². The molecule has 2 amide bonds. The van der Waals surface area contributed by atoms with Crippen molar-refractivity contribution in [2.75, 3.05) is 32.8 Å². The van der Waals surface area contributed by atoms with Gasteiger partial charge >= 0.3 is 0 Å². The number of rotatable bonds is 6. The summed E-state index contributed by atoms with van der Waals surface area (Å²) >= 11 is 6.21. The molecule has 2 fully saturated rings. The van der Waals surface area contributed by atoms with E-state index in [1.807, 2.05) is 58.3 Å². The van der Waals surface area contributed by atoms with Crippen LogP contribution in [-0.2, 0) is 11.2 Å². The first-order chi connectivity index (χ1) is 15.1. The Morgan fingerprint density at radius 2 is 1.74 bits per heavy atom. The molecule has 0 bridgehead atoms. The SMILES string of the molecule is O=C(Cc1ccccc1Cl)N1CCCC(COc2cccc(C(=O)N3CCCC3)c2)C1. The molecular weight excluding hydrogens is 412 g/mol. The van der Waals surface area contributed by atoms with Crippen LogP contribution in [0.25, 0.3) is 0 Å². The van der Waals surface area contributed by atoms with E-state index in [1.54, 1.807) is 0 Å². The number of amides is 2. The molecular formula is C25H29ClN2O3. The fourth-order valence-corrected chi connectivity index (χ4v) is 4.58. The number of piperidine rings is 1. The van der Waals surface area contributed by atoms with Gasteiger partial charge in [0.25, 0.3) is 5.91 Å². The number of likely N-dealkylation sites (tertiary alicyclic amines) is 2. The minimum atomic E-state index is 0.0805. The van der Waals surface area contributed by atoms with Gasteiger partial charge in [-0.1, -0.05) is 35.9 Å². The van der Waals surface area contributed by atoms with Gasteiger partial charge in [0.1, 0.15) is 5.75 Å². The number of ether oxygens (including phenoxy) is 1. The fraction of sp³-hybridized carbons (Fsp3) is 0.440. The molecule has 2 saturated heterocycles. The van der Waals surface area contributed by atoms with E-state index in [-0.39, 0.29) is 17.7 Å². The van der Waals surface area contributed by atoms with Crippen molar-refractivity contribution >= 4 is 23.4 Å². The second-order valence-electron chi connectivity index (χ2n) is 8.45. The molecule has 2 aliphatic heterocycles. The van der Waals surface area contributed by atoms with Crippen molar-refractivity contribution in [2.24, 2.45) is 5.92 Å². The molecule has 2 aromatic carbocycles. The summed E-state index contributed by atoms with van der Waals surface area (Å²) in [4.78, 5) is 29.2. The first kappa shape index (κ1) is 21.7. The van der Waals surface area contributed by atoms with Crippen LogP contribution in [-0.4, -0.2) is 54.4 Å². The highest BCUT2D eigenvalue weighted by molar-refractivity contribution is 6.31. The molecule has 4 rings (SSSR count). The second-order valence-corrected chi connectivity index (χ2v) is 8.86. The minimum Gasteiger partial charge on any atom is -0.493 e. The van der Waals surface area contributed by atoms with E-state index < -0.39 is 0 Å². The van der Waals surface area contributed by atoms with E-state index in [0.717, 1.165) is 50.9 Å². The maximum atomic E-state index is 12.8. The summed E-state index contributed by atoms with van der Waals surface area (Å²) in [7, 11) is 0. The van der Waals surface area contributed by atoms with E-state index in [1.165, 1.54) is 0 Å². The van der Waals surface area contributed by atoms with E-state index in [2.05, 4.69) is 0 Å². The summed E-state index contributed by atoms with van der Waals surface area (Å²) in [6, 6.07) is 15.0. The van der Waals surface area contributed by atoms with Gasteiger partial charge in [0.15, 0.2) is 0 Å². The molecule has 164 valence electrons. The number of hydrogen-bond donors (Lipinski definition) is 0. The Bertz CT molecular complexity index is 926. The predicted octanol–water partition coefficient (Wildman–Crippen LogP) is 4.44. The Morgan fingerprint density at radius 1 is 0.968 bits per heavy atom. The highest BCUT2D eigenvalue weighted by Crippen LogP contribution is 2.23. The zero-order valence-corrected chi connectivity index (χ0v) is 18.5. The number of nitrogens with zero attached hydrogens (tertiary/aromatic N) is 2. The standard InChI is InChI=1S/C25H29ClN2O3/c26-23-11-2-1-8-20(23)16-24(29)28-14-6-7-19(17-28)18-31-22-10-5-9-21(15-22)25(30)27-12-3-4-13-27/h1-2,5,8-11,15,19H,3-4,6-7,12-14,16-18H2. The van der Waals surface area contributed by atoms with Gasteiger partial charge in [-0.15, -0.1) is 0 Å². The van der Waals surface area contributed by atoms with Gasteiger partial charge in [0.2, 0.25) is 5.91 Å². The third kappa shape index (κ3) is 5.59. The average molecular weight is 441 g/mol. The van der Waals surface area contributed by atoms with Crippen LogP contribution in [0.3, 0.4) is 0 Å². The molecule has 2 heterocycles. The Kier molecular flexibility index (Phi) is 7.13. The lowest BCUT2D eigenvalue weighted by atomic mass is 9.98. The summed E-state index contributed by atoms with van der Waals surface area (Å²) in [6.07, 6.45) is 4.48. The molecule has 0 spiro atoms. The summed E-state index contributed by atoms with van der Waals surface area (Å²) in [5.41, 5.74) is 1.55. The molecule has 2 aromatic rings. The van der Waals surface area contributed by atoms with Crippen molar-refractivity contribution in [3.63, 3.8) is 0 Å². The molecule has 31 heavy (non-hydrogen) atoms. The van der Waals surface area contributed by atoms with Crippen molar-refractivity contribution < 1.29 is 14.3 Å². The van der Waals surface area contributed by atoms with Gasteiger partial charge in [0.05, 0.1) is 13.0 Å². The van der Waals surface area contributed by atoms with Gasteiger partial charge in [0, 0.05) is 42.7 Å². The zero-order valence-electron chi connectivity index (χ0n) is 17.8. The fourth-order valence-electron chi connectivity index (χ4n) is 4.38. The molecule has 0 N–H and O–H groups in total. The third-order valence-electron chi connectivity index (χ3n) is 6.13. The Balaban J connectivity index is 1.31. The summed E-state index contributed by atoms with van der Waals surface area (Å²) < 4.78 is 6.03. The Morgan fingerprint density at radius 3 is 2.55 bits per heavy atom. The molecule has 1 unspecified atom stereocenters. The molecule has 0 aromatic heterocycles. The first-order valence-corrected chi connectivity index (χ1v) is 11.5. The van der Waals surface area contributed by atoms with Gasteiger partial charge in [-0.25, -0.2) is 0 Å². The number of carbonyl (C=O) groups excluding carboxylic acids is 2. The number of carbonyl (C=O) groups is 2. The molecule has 0 aliphatic carbocycles. The monoisotopic (exact) mass is 440 g/mol. The lowest BCUT2D eigenvalue weighted by Crippen LogP contribution is -2.42. The second kappa shape index (κ2) is 10.2. The van der Waals surface area contributed by atoms with E-state index in [9.17, 15) is 9.59 Å². The predicted molar refractivity (Wildman–Crippen MR) is 122 cm³/mol. The highest BCUT2D eigenvalue weighted by Gasteiger charge is 2.25. The van der Waals surface area contributed by atoms with Gasteiger partial charge in [-0.05, 0) is 55.5 Å². The largest absolute Gasteiger partial charge is 0.493 e. The van der Waals surface area contributed by atoms with Crippen molar-refractivity contribution in [1.29, 1.82) is 0 Å². The van der Waals surface area contributed by atoms with Crippen LogP contribution in [0.4, 0.5) is 0 Å². The number of benzene rings is 2. The van der Waals surface area contributed by atoms with E-state index in [0.29, 0.717) is 35.9 Å². The smallest absolute Gasteiger partial charge is 0.253 e. The Hall–Kier alpha value is -2.53. The topological polar surface area (TPSA) is 49.9 Å². The molecule has 0 saturated carbocycles. The van der Waals surface area contributed by atoms with Crippen molar-refractivity contribution in [3.05, 3.63) is 64.7 Å². The van der Waals surface area contributed by atoms with Crippen molar-refractivity contribution in [3.8, 4) is 5.75 Å². The van der Waals surface area contributed by atoms with Crippen LogP contribution in [0, 0.1) is 5.92 Å². The van der Waals surface area contributed by atoms with Crippen LogP contribution in [0.15, 0.2) is 48.5 Å². The quantitative estimate of drug-likeness (QED) is 0.667. The molecule has 0 radical (unpaired) electrons. The molecule has 5 nitrogen and oxygen atoms in total. The lowest BCUT2D eigenvalue weighted by molar-refractivity contribution is -0.132. The maximum absolute atomic E-state index is 12.8. The molecule has 1 atom stereocenters. The molecule has 2 aliphatic rings. The van der Waals surface area contributed by atoms with E-state index in [4.69, 9.17) is 16.3 Å². The van der Waals surface area contributed by atoms with Crippen LogP contribution < -0.4 is 4.74 Å². The van der Waals surface area contributed by atoms with Gasteiger partial charge < -0.3 is 14.5 Å². The number of halogens is 1. The lowest BCUT2D eigenvalue weighted by Gasteiger charge is -2.33. The summed E-state index contributed by atoms with van der Waals surface area (Å²) in [5, 5.41) is 0.635. The van der Waals surface area contributed by atoms with Crippen LogP contribution in [0.1, 0.15) is 41.6 Å². The highest BCUT2D eigenvalue weighted by atomic mass is 35.5. The van der Waals surface area contributed by atoms with Gasteiger partial charge in [-0.2, -0.15) is 0 Å². The van der Waals surface area contributed by atoms with Crippen LogP contribution in [0.2, 0.25) is 5.02 Å². The first-order valence-electron chi connectivity index (χ1n) is 11.1. The zero-order chi connectivity index (χ0) is 21.6.